The van der Waals surface area contributed by atoms with Crippen LogP contribution in [0.25, 0.3) is 0 Å². The highest BCUT2D eigenvalue weighted by Crippen LogP contribution is 2.54. The molecular formula is C16H19NOSi. The van der Waals surface area contributed by atoms with Gasteiger partial charge in [0.2, 0.25) is 0 Å². The normalized spacial score (nSPS) is 26.2. The Balaban J connectivity index is 2.10. The number of hydrogen-bond donors (Lipinski definition) is 0. The Kier molecular flexibility index (Phi) is 2.84. The number of hydrogen-bond acceptors (Lipinski definition) is 2. The van der Waals surface area contributed by atoms with Crippen molar-refractivity contribution in [1.82, 2.24) is 4.98 Å². The number of nitrogens with zero attached hydrogens (tertiary/aromatic N) is 1. The molecule has 2 aromatic rings. The average molecular weight is 269 g/mol. The van der Waals surface area contributed by atoms with Crippen LogP contribution in [0.2, 0.25) is 19.6 Å². The molecule has 0 radical (unpaired) electrons. The first-order chi connectivity index (χ1) is 9.05. The minimum atomic E-state index is -1.39. The molecule has 0 amide bonds. The van der Waals surface area contributed by atoms with E-state index in [0.717, 1.165) is 5.69 Å². The summed E-state index contributed by atoms with van der Waals surface area (Å²) in [5.41, 5.74) is 2.25. The van der Waals surface area contributed by atoms with Crippen molar-refractivity contribution >= 4 is 8.07 Å². The molecule has 98 valence electrons. The molecule has 0 aliphatic carbocycles. The summed E-state index contributed by atoms with van der Waals surface area (Å²) in [5.74, 6) is 0. The molecule has 0 bridgehead atoms. The molecule has 0 unspecified atom stereocenters. The molecule has 1 aromatic carbocycles. The molecule has 1 saturated heterocycles. The van der Waals surface area contributed by atoms with E-state index >= 15 is 0 Å². The first-order valence-electron chi connectivity index (χ1n) is 6.70. The molecular weight excluding hydrogens is 250 g/mol. The molecule has 3 heteroatoms. The summed E-state index contributed by atoms with van der Waals surface area (Å²) in [5, 5.41) is 0. The number of ether oxygens (including phenoxy) is 1. The molecule has 1 aliphatic rings. The number of pyridine rings is 1. The molecule has 2 heterocycles. The van der Waals surface area contributed by atoms with E-state index in [2.05, 4.69) is 55.0 Å². The van der Waals surface area contributed by atoms with Gasteiger partial charge in [-0.05, 0) is 17.7 Å². The lowest BCUT2D eigenvalue weighted by molar-refractivity contribution is 0.336. The van der Waals surface area contributed by atoms with Crippen LogP contribution in [0.1, 0.15) is 11.3 Å². The Morgan fingerprint density at radius 3 is 2.21 bits per heavy atom. The highest BCUT2D eigenvalue weighted by molar-refractivity contribution is 6.78. The molecule has 1 fully saturated rings. The van der Waals surface area contributed by atoms with Crippen LogP contribution >= 0.6 is 0 Å². The number of rotatable bonds is 3. The summed E-state index contributed by atoms with van der Waals surface area (Å²) >= 11 is 0. The third-order valence-electron chi connectivity index (χ3n) is 3.65. The summed E-state index contributed by atoms with van der Waals surface area (Å²) < 4.78 is 6.24. The lowest BCUT2D eigenvalue weighted by Crippen LogP contribution is -2.34. The van der Waals surface area contributed by atoms with Gasteiger partial charge in [-0.1, -0.05) is 56.0 Å². The van der Waals surface area contributed by atoms with Crippen molar-refractivity contribution in [2.45, 2.75) is 31.0 Å². The standard InChI is InChI=1S/C16H19NOSi/c1-19(2,3)15-16(18-15,13-9-5-4-6-10-13)14-11-7-8-12-17-14/h4-12,15H,1-3H3/t15-,16+/m0/s1. The highest BCUT2D eigenvalue weighted by atomic mass is 28.3. The van der Waals surface area contributed by atoms with Crippen molar-refractivity contribution < 1.29 is 4.74 Å². The SMILES string of the molecule is C[Si](C)(C)[C@@H]1O[C@]1(c1ccccc1)c1ccccn1. The van der Waals surface area contributed by atoms with Gasteiger partial charge in [0.25, 0.3) is 0 Å². The van der Waals surface area contributed by atoms with E-state index in [0.29, 0.717) is 5.73 Å². The average Bonchev–Trinajstić information content (AvgIpc) is 3.18. The van der Waals surface area contributed by atoms with Crippen LogP contribution in [-0.2, 0) is 10.3 Å². The molecule has 1 aromatic heterocycles. The summed E-state index contributed by atoms with van der Waals surface area (Å²) in [4.78, 5) is 4.55. The van der Waals surface area contributed by atoms with E-state index in [1.807, 2.05) is 24.4 Å². The second-order valence-corrected chi connectivity index (χ2v) is 11.4. The molecule has 2 nitrogen and oxygen atoms in total. The van der Waals surface area contributed by atoms with Gasteiger partial charge in [-0.25, -0.2) is 0 Å². The van der Waals surface area contributed by atoms with Crippen LogP contribution in [0.3, 0.4) is 0 Å². The lowest BCUT2D eigenvalue weighted by atomic mass is 9.96. The molecule has 0 saturated carbocycles. The van der Waals surface area contributed by atoms with E-state index in [4.69, 9.17) is 4.74 Å². The number of aromatic nitrogens is 1. The molecule has 3 rings (SSSR count). The molecule has 0 spiro atoms. The van der Waals surface area contributed by atoms with Crippen molar-refractivity contribution in [2.24, 2.45) is 0 Å². The maximum Gasteiger partial charge on any atom is 0.158 e. The van der Waals surface area contributed by atoms with Gasteiger partial charge in [-0.2, -0.15) is 0 Å². The summed E-state index contributed by atoms with van der Waals surface area (Å²) in [6, 6.07) is 16.5. The zero-order valence-electron chi connectivity index (χ0n) is 11.6. The Bertz CT molecular complexity index is 523. The zero-order valence-corrected chi connectivity index (χ0v) is 12.6. The van der Waals surface area contributed by atoms with Crippen LogP contribution in [0, 0.1) is 0 Å². The van der Waals surface area contributed by atoms with Gasteiger partial charge >= 0.3 is 0 Å². The summed E-state index contributed by atoms with van der Waals surface area (Å²) in [6.07, 6.45) is 1.85. The van der Waals surface area contributed by atoms with Gasteiger partial charge in [0, 0.05) is 6.20 Å². The molecule has 1 aliphatic heterocycles. The largest absolute Gasteiger partial charge is 0.358 e. The third-order valence-corrected chi connectivity index (χ3v) is 5.75. The predicted molar refractivity (Wildman–Crippen MR) is 79.7 cm³/mol. The Hall–Kier alpha value is -1.45. The minimum absolute atomic E-state index is 0.303. The van der Waals surface area contributed by atoms with Crippen molar-refractivity contribution in [3.8, 4) is 0 Å². The quantitative estimate of drug-likeness (QED) is 0.628. The molecule has 0 N–H and O–H groups in total. The minimum Gasteiger partial charge on any atom is -0.358 e. The third kappa shape index (κ3) is 2.03. The monoisotopic (exact) mass is 269 g/mol. The predicted octanol–water partition coefficient (Wildman–Crippen LogP) is 3.60. The zero-order chi connectivity index (χ0) is 13.5. The Morgan fingerprint density at radius 2 is 1.68 bits per heavy atom. The first-order valence-corrected chi connectivity index (χ1v) is 10.3. The maximum atomic E-state index is 6.24. The van der Waals surface area contributed by atoms with Crippen LogP contribution in [0.15, 0.2) is 54.7 Å². The van der Waals surface area contributed by atoms with Gasteiger partial charge in [0.15, 0.2) is 5.60 Å². The Labute approximate surface area is 115 Å². The van der Waals surface area contributed by atoms with E-state index in [9.17, 15) is 0 Å². The highest BCUT2D eigenvalue weighted by Gasteiger charge is 2.64. The van der Waals surface area contributed by atoms with Gasteiger partial charge in [-0.15, -0.1) is 0 Å². The van der Waals surface area contributed by atoms with Gasteiger partial charge in [-0.3, -0.25) is 4.98 Å². The number of epoxide rings is 1. The fourth-order valence-electron chi connectivity index (χ4n) is 2.77. The maximum absolute atomic E-state index is 6.24. The second-order valence-electron chi connectivity index (χ2n) is 6.18. The second kappa shape index (κ2) is 4.29. The fourth-order valence-corrected chi connectivity index (χ4v) is 4.84. The fraction of sp³-hybridized carbons (Fsp3) is 0.312. The van der Waals surface area contributed by atoms with Gasteiger partial charge < -0.3 is 4.74 Å². The van der Waals surface area contributed by atoms with E-state index in [1.54, 1.807) is 0 Å². The van der Waals surface area contributed by atoms with E-state index in [1.165, 1.54) is 5.56 Å². The Morgan fingerprint density at radius 1 is 1.00 bits per heavy atom. The van der Waals surface area contributed by atoms with Gasteiger partial charge in [0.05, 0.1) is 19.5 Å². The summed E-state index contributed by atoms with van der Waals surface area (Å²) in [6.45, 7) is 7.06. The smallest absolute Gasteiger partial charge is 0.158 e. The van der Waals surface area contributed by atoms with E-state index in [-0.39, 0.29) is 5.60 Å². The van der Waals surface area contributed by atoms with Crippen molar-refractivity contribution in [3.63, 3.8) is 0 Å². The van der Waals surface area contributed by atoms with Crippen molar-refractivity contribution in [3.05, 3.63) is 66.0 Å². The van der Waals surface area contributed by atoms with E-state index < -0.39 is 8.07 Å². The lowest BCUT2D eigenvalue weighted by Gasteiger charge is -2.18. The summed E-state index contributed by atoms with van der Waals surface area (Å²) in [7, 11) is -1.39. The van der Waals surface area contributed by atoms with Crippen LogP contribution in [-0.4, -0.2) is 18.8 Å². The van der Waals surface area contributed by atoms with Crippen LogP contribution in [0.5, 0.6) is 0 Å². The first kappa shape index (κ1) is 12.6. The number of benzene rings is 1. The van der Waals surface area contributed by atoms with Gasteiger partial charge in [0.1, 0.15) is 0 Å². The van der Waals surface area contributed by atoms with Crippen molar-refractivity contribution in [2.75, 3.05) is 0 Å². The van der Waals surface area contributed by atoms with Crippen LogP contribution in [0.4, 0.5) is 0 Å². The van der Waals surface area contributed by atoms with Crippen LogP contribution < -0.4 is 0 Å². The topological polar surface area (TPSA) is 25.4 Å². The van der Waals surface area contributed by atoms with Crippen molar-refractivity contribution in [1.29, 1.82) is 0 Å². The molecule has 2 atom stereocenters. The molecule has 19 heavy (non-hydrogen) atoms.